The maximum atomic E-state index is 12.9. The zero-order chi connectivity index (χ0) is 17.4. The van der Waals surface area contributed by atoms with Gasteiger partial charge in [0.05, 0.1) is 16.9 Å². The Morgan fingerprint density at radius 2 is 1.88 bits per heavy atom. The van der Waals surface area contributed by atoms with Crippen LogP contribution in [0.5, 0.6) is 5.75 Å². The number of amides is 1. The highest BCUT2D eigenvalue weighted by Gasteiger charge is 2.50. The van der Waals surface area contributed by atoms with E-state index in [0.29, 0.717) is 25.3 Å². The van der Waals surface area contributed by atoms with Gasteiger partial charge in [0, 0.05) is 26.7 Å². The standard InChI is InChI=1S/C17H24N2O4S/c1-3-23-14-5-7-15(8-6-14)24(21,22)19-12-10-17(13-19)9-4-11-18(2)16(17)20/h5-8H,3-4,9-13H2,1-2H3/t17-/m1/s1. The second kappa shape index (κ2) is 6.37. The maximum absolute atomic E-state index is 12.9. The summed E-state index contributed by atoms with van der Waals surface area (Å²) in [6.07, 6.45) is 2.30. The Balaban J connectivity index is 1.80. The zero-order valence-corrected chi connectivity index (χ0v) is 15.0. The number of carbonyl (C=O) groups excluding carboxylic acids is 1. The van der Waals surface area contributed by atoms with E-state index >= 15 is 0 Å². The van der Waals surface area contributed by atoms with Gasteiger partial charge in [0.15, 0.2) is 0 Å². The highest BCUT2D eigenvalue weighted by molar-refractivity contribution is 7.89. The number of likely N-dealkylation sites (tertiary alicyclic amines) is 1. The van der Waals surface area contributed by atoms with Gasteiger partial charge >= 0.3 is 0 Å². The number of benzene rings is 1. The van der Waals surface area contributed by atoms with E-state index < -0.39 is 15.4 Å². The molecule has 7 heteroatoms. The third-order valence-corrected chi connectivity index (χ3v) is 6.90. The van der Waals surface area contributed by atoms with Crippen LogP contribution in [-0.2, 0) is 14.8 Å². The fourth-order valence-corrected chi connectivity index (χ4v) is 5.24. The average Bonchev–Trinajstić information content (AvgIpc) is 2.99. The van der Waals surface area contributed by atoms with Gasteiger partial charge in [-0.2, -0.15) is 4.31 Å². The Bertz CT molecular complexity index is 717. The van der Waals surface area contributed by atoms with Crippen molar-refractivity contribution < 1.29 is 17.9 Å². The highest BCUT2D eigenvalue weighted by Crippen LogP contribution is 2.41. The molecule has 2 aliphatic heterocycles. The molecule has 1 amide bonds. The monoisotopic (exact) mass is 352 g/mol. The summed E-state index contributed by atoms with van der Waals surface area (Å²) in [5.41, 5.74) is -0.536. The van der Waals surface area contributed by atoms with Crippen LogP contribution in [0, 0.1) is 5.41 Å². The van der Waals surface area contributed by atoms with Crippen molar-refractivity contribution in [3.63, 3.8) is 0 Å². The Morgan fingerprint density at radius 1 is 1.17 bits per heavy atom. The SMILES string of the molecule is CCOc1ccc(S(=O)(=O)N2CC[C@]3(CCCN(C)C3=O)C2)cc1. The lowest BCUT2D eigenvalue weighted by molar-refractivity contribution is -0.143. The van der Waals surface area contributed by atoms with E-state index in [1.807, 2.05) is 6.92 Å². The molecule has 24 heavy (non-hydrogen) atoms. The van der Waals surface area contributed by atoms with Crippen LogP contribution in [0.3, 0.4) is 0 Å². The average molecular weight is 352 g/mol. The second-order valence-corrected chi connectivity index (χ2v) is 8.54. The quantitative estimate of drug-likeness (QED) is 0.827. The van der Waals surface area contributed by atoms with Crippen molar-refractivity contribution in [3.8, 4) is 5.75 Å². The van der Waals surface area contributed by atoms with Crippen molar-refractivity contribution in [1.29, 1.82) is 0 Å². The number of rotatable bonds is 4. The van der Waals surface area contributed by atoms with Crippen LogP contribution in [0.15, 0.2) is 29.2 Å². The zero-order valence-electron chi connectivity index (χ0n) is 14.2. The van der Waals surface area contributed by atoms with Gasteiger partial charge in [-0.05, 0) is 50.5 Å². The summed E-state index contributed by atoms with van der Waals surface area (Å²) in [4.78, 5) is 14.5. The van der Waals surface area contributed by atoms with Crippen LogP contribution in [0.25, 0.3) is 0 Å². The number of nitrogens with zero attached hydrogens (tertiary/aromatic N) is 2. The fourth-order valence-electron chi connectivity index (χ4n) is 3.71. The summed E-state index contributed by atoms with van der Waals surface area (Å²) in [6.45, 7) is 3.86. The minimum atomic E-state index is -3.58. The molecule has 2 heterocycles. The molecule has 0 N–H and O–H groups in total. The minimum absolute atomic E-state index is 0.0816. The van der Waals surface area contributed by atoms with Crippen LogP contribution in [0.4, 0.5) is 0 Å². The topological polar surface area (TPSA) is 66.9 Å². The molecule has 1 aromatic carbocycles. The first-order valence-corrected chi connectivity index (χ1v) is 9.82. The number of hydrogen-bond donors (Lipinski definition) is 0. The van der Waals surface area contributed by atoms with Crippen molar-refractivity contribution in [2.24, 2.45) is 5.41 Å². The van der Waals surface area contributed by atoms with Crippen molar-refractivity contribution in [2.45, 2.75) is 31.1 Å². The van der Waals surface area contributed by atoms with Crippen LogP contribution < -0.4 is 4.74 Å². The van der Waals surface area contributed by atoms with Crippen molar-refractivity contribution in [1.82, 2.24) is 9.21 Å². The van der Waals surface area contributed by atoms with Gasteiger partial charge in [0.1, 0.15) is 5.75 Å². The summed E-state index contributed by atoms with van der Waals surface area (Å²) in [5, 5.41) is 0. The van der Waals surface area contributed by atoms with E-state index in [-0.39, 0.29) is 17.3 Å². The molecule has 0 bridgehead atoms. The maximum Gasteiger partial charge on any atom is 0.243 e. The third kappa shape index (κ3) is 2.91. The van der Waals surface area contributed by atoms with Crippen LogP contribution >= 0.6 is 0 Å². The molecule has 132 valence electrons. The summed E-state index contributed by atoms with van der Waals surface area (Å²) >= 11 is 0. The molecule has 1 aromatic rings. The molecule has 2 saturated heterocycles. The van der Waals surface area contributed by atoms with E-state index in [1.54, 1.807) is 36.2 Å². The lowest BCUT2D eigenvalue weighted by Crippen LogP contribution is -2.48. The molecule has 0 radical (unpaired) electrons. The summed E-state index contributed by atoms with van der Waals surface area (Å²) < 4.78 is 32.6. The second-order valence-electron chi connectivity index (χ2n) is 6.60. The van der Waals surface area contributed by atoms with Gasteiger partial charge < -0.3 is 9.64 Å². The Kier molecular flexibility index (Phi) is 4.57. The summed E-state index contributed by atoms with van der Waals surface area (Å²) in [5.74, 6) is 0.733. The van der Waals surface area contributed by atoms with Gasteiger partial charge in [0.2, 0.25) is 15.9 Å². The van der Waals surface area contributed by atoms with Crippen molar-refractivity contribution in [3.05, 3.63) is 24.3 Å². The van der Waals surface area contributed by atoms with Crippen LogP contribution in [-0.4, -0.2) is 56.8 Å². The largest absolute Gasteiger partial charge is 0.494 e. The van der Waals surface area contributed by atoms with Crippen molar-refractivity contribution in [2.75, 3.05) is 33.3 Å². The van der Waals surface area contributed by atoms with E-state index in [4.69, 9.17) is 4.74 Å². The van der Waals surface area contributed by atoms with Gasteiger partial charge in [-0.1, -0.05) is 0 Å². The molecule has 6 nitrogen and oxygen atoms in total. The van der Waals surface area contributed by atoms with E-state index in [0.717, 1.165) is 19.4 Å². The van der Waals surface area contributed by atoms with E-state index in [9.17, 15) is 13.2 Å². The Hall–Kier alpha value is -1.60. The third-order valence-electron chi connectivity index (χ3n) is 5.04. The smallest absolute Gasteiger partial charge is 0.243 e. The number of hydrogen-bond acceptors (Lipinski definition) is 4. The number of piperidine rings is 1. The minimum Gasteiger partial charge on any atom is -0.494 e. The molecule has 0 aromatic heterocycles. The molecule has 2 fully saturated rings. The molecule has 0 aliphatic carbocycles. The van der Waals surface area contributed by atoms with Gasteiger partial charge in [0.25, 0.3) is 0 Å². The fraction of sp³-hybridized carbons (Fsp3) is 0.588. The summed E-state index contributed by atoms with van der Waals surface area (Å²) in [7, 11) is -1.78. The predicted molar refractivity (Wildman–Crippen MR) is 90.3 cm³/mol. The van der Waals surface area contributed by atoms with Gasteiger partial charge in [-0.3, -0.25) is 4.79 Å². The predicted octanol–water partition coefficient (Wildman–Crippen LogP) is 1.72. The molecular formula is C17H24N2O4S. The molecule has 0 saturated carbocycles. The number of sulfonamides is 1. The lowest BCUT2D eigenvalue weighted by Gasteiger charge is -2.37. The molecule has 1 atom stereocenters. The Morgan fingerprint density at radius 3 is 2.54 bits per heavy atom. The lowest BCUT2D eigenvalue weighted by atomic mass is 9.78. The van der Waals surface area contributed by atoms with Crippen LogP contribution in [0.2, 0.25) is 0 Å². The molecular weight excluding hydrogens is 328 g/mol. The first-order valence-electron chi connectivity index (χ1n) is 8.38. The number of carbonyl (C=O) groups is 1. The molecule has 1 spiro atoms. The normalized spacial score (nSPS) is 25.4. The van der Waals surface area contributed by atoms with Crippen molar-refractivity contribution >= 4 is 15.9 Å². The first-order chi connectivity index (χ1) is 11.4. The van der Waals surface area contributed by atoms with E-state index in [1.165, 1.54) is 4.31 Å². The van der Waals surface area contributed by atoms with Gasteiger partial charge in [-0.15, -0.1) is 0 Å². The molecule has 3 rings (SSSR count). The highest BCUT2D eigenvalue weighted by atomic mass is 32.2. The first kappa shape index (κ1) is 17.2. The summed E-state index contributed by atoms with van der Waals surface area (Å²) in [6, 6.07) is 6.48. The van der Waals surface area contributed by atoms with Crippen LogP contribution in [0.1, 0.15) is 26.2 Å². The Labute approximate surface area is 143 Å². The molecule has 0 unspecified atom stereocenters. The molecule has 2 aliphatic rings. The number of ether oxygens (including phenoxy) is 1. The van der Waals surface area contributed by atoms with Gasteiger partial charge in [-0.25, -0.2) is 8.42 Å². The van der Waals surface area contributed by atoms with E-state index in [2.05, 4.69) is 0 Å².